The third kappa shape index (κ3) is 5.48. The molecule has 0 spiro atoms. The van der Waals surface area contributed by atoms with Crippen molar-refractivity contribution in [3.63, 3.8) is 0 Å². The van der Waals surface area contributed by atoms with Gasteiger partial charge in [-0.1, -0.05) is 23.2 Å². The molecule has 5 nitrogen and oxygen atoms in total. The number of anilines is 1. The number of amides is 2. The summed E-state index contributed by atoms with van der Waals surface area (Å²) in [4.78, 5) is 22.8. The first kappa shape index (κ1) is 16.9. The number of nitrogens with one attached hydrogen (secondary N) is 2. The molecule has 0 saturated heterocycles. The molecule has 0 bridgehead atoms. The molecule has 1 rings (SSSR count). The van der Waals surface area contributed by atoms with Crippen LogP contribution in [0.25, 0.3) is 0 Å². The van der Waals surface area contributed by atoms with Gasteiger partial charge in [-0.05, 0) is 36.6 Å². The predicted octanol–water partition coefficient (Wildman–Crippen LogP) is 3.32. The van der Waals surface area contributed by atoms with E-state index in [1.807, 2.05) is 6.26 Å². The summed E-state index contributed by atoms with van der Waals surface area (Å²) in [6.07, 6.45) is 2.21. The maximum absolute atomic E-state index is 11.7. The Morgan fingerprint density at radius 1 is 1.40 bits per heavy atom. The number of carboxylic acid groups (broad SMARTS) is 1. The highest BCUT2D eigenvalue weighted by molar-refractivity contribution is 7.98. The third-order valence-corrected chi connectivity index (χ3v) is 3.59. The number of carbonyl (C=O) groups excluding carboxylic acids is 1. The zero-order chi connectivity index (χ0) is 15.1. The van der Waals surface area contributed by atoms with Crippen LogP contribution in [0, 0.1) is 0 Å². The second kappa shape index (κ2) is 8.24. The van der Waals surface area contributed by atoms with Gasteiger partial charge < -0.3 is 15.7 Å². The molecule has 20 heavy (non-hydrogen) atoms. The summed E-state index contributed by atoms with van der Waals surface area (Å²) in [6.45, 7) is 0. The molecule has 0 aliphatic carbocycles. The molecular formula is C12H14Cl2N2O3S. The predicted molar refractivity (Wildman–Crippen MR) is 83.0 cm³/mol. The third-order valence-electron chi connectivity index (χ3n) is 2.39. The van der Waals surface area contributed by atoms with E-state index < -0.39 is 18.0 Å². The fourth-order valence-electron chi connectivity index (χ4n) is 1.40. The number of urea groups is 1. The van der Waals surface area contributed by atoms with Gasteiger partial charge in [0.2, 0.25) is 0 Å². The van der Waals surface area contributed by atoms with Gasteiger partial charge in [-0.25, -0.2) is 9.59 Å². The van der Waals surface area contributed by atoms with Gasteiger partial charge in [0.1, 0.15) is 6.04 Å². The van der Waals surface area contributed by atoms with Crippen LogP contribution in [0.15, 0.2) is 18.2 Å². The Morgan fingerprint density at radius 2 is 2.10 bits per heavy atom. The van der Waals surface area contributed by atoms with Crippen molar-refractivity contribution in [1.29, 1.82) is 0 Å². The normalized spacial score (nSPS) is 11.8. The maximum atomic E-state index is 11.7. The van der Waals surface area contributed by atoms with Gasteiger partial charge >= 0.3 is 12.0 Å². The van der Waals surface area contributed by atoms with E-state index in [1.54, 1.807) is 12.1 Å². The first-order valence-electron chi connectivity index (χ1n) is 5.68. The minimum Gasteiger partial charge on any atom is -0.480 e. The standard InChI is InChI=1S/C12H14Cl2N2O3S/c1-20-5-4-10(11(17)18)16-12(19)15-9-3-2-7(13)6-8(9)14/h2-3,6,10H,4-5H2,1H3,(H,17,18)(H2,15,16,19)/t10-/m1/s1. The molecule has 0 aliphatic rings. The average Bonchev–Trinajstić information content (AvgIpc) is 2.37. The van der Waals surface area contributed by atoms with Crippen molar-refractivity contribution in [3.8, 4) is 0 Å². The molecule has 110 valence electrons. The summed E-state index contributed by atoms with van der Waals surface area (Å²) in [5.74, 6) is -0.435. The molecule has 0 heterocycles. The second-order valence-corrected chi connectivity index (χ2v) is 5.72. The largest absolute Gasteiger partial charge is 0.480 e. The van der Waals surface area contributed by atoms with Crippen molar-refractivity contribution in [1.82, 2.24) is 5.32 Å². The minimum absolute atomic E-state index is 0.281. The van der Waals surface area contributed by atoms with Gasteiger partial charge in [0.05, 0.1) is 10.7 Å². The van der Waals surface area contributed by atoms with Crippen molar-refractivity contribution in [2.24, 2.45) is 0 Å². The Bertz CT molecular complexity index is 500. The number of aliphatic carboxylic acids is 1. The van der Waals surface area contributed by atoms with E-state index in [2.05, 4.69) is 10.6 Å². The Kier molecular flexibility index (Phi) is 6.98. The first-order valence-corrected chi connectivity index (χ1v) is 7.83. The van der Waals surface area contributed by atoms with Crippen molar-refractivity contribution >= 4 is 52.7 Å². The van der Waals surface area contributed by atoms with E-state index in [1.165, 1.54) is 17.8 Å². The summed E-state index contributed by atoms with van der Waals surface area (Å²) >= 11 is 13.2. The smallest absolute Gasteiger partial charge is 0.326 e. The monoisotopic (exact) mass is 336 g/mol. The molecule has 1 aromatic rings. The molecule has 3 N–H and O–H groups in total. The van der Waals surface area contributed by atoms with Gasteiger partial charge in [0.25, 0.3) is 0 Å². The highest BCUT2D eigenvalue weighted by Gasteiger charge is 2.19. The van der Waals surface area contributed by atoms with Crippen LogP contribution in [-0.4, -0.2) is 35.2 Å². The molecule has 0 fully saturated rings. The van der Waals surface area contributed by atoms with E-state index in [4.69, 9.17) is 28.3 Å². The van der Waals surface area contributed by atoms with E-state index in [0.29, 0.717) is 22.9 Å². The molecule has 1 aromatic carbocycles. The van der Waals surface area contributed by atoms with Crippen LogP contribution in [0.4, 0.5) is 10.5 Å². The number of benzene rings is 1. The lowest BCUT2D eigenvalue weighted by Crippen LogP contribution is -2.43. The van der Waals surface area contributed by atoms with E-state index in [0.717, 1.165) is 0 Å². The Morgan fingerprint density at radius 3 is 2.65 bits per heavy atom. The number of carboxylic acids is 1. The molecular weight excluding hydrogens is 323 g/mol. The summed E-state index contributed by atoms with van der Waals surface area (Å²) in [5.41, 5.74) is 0.363. The molecule has 0 aromatic heterocycles. The van der Waals surface area contributed by atoms with Gasteiger partial charge in [-0.3, -0.25) is 0 Å². The van der Waals surface area contributed by atoms with E-state index in [-0.39, 0.29) is 5.02 Å². The van der Waals surface area contributed by atoms with Crippen molar-refractivity contribution in [3.05, 3.63) is 28.2 Å². The molecule has 0 radical (unpaired) electrons. The fraction of sp³-hybridized carbons (Fsp3) is 0.333. The average molecular weight is 337 g/mol. The van der Waals surface area contributed by atoms with Crippen LogP contribution in [-0.2, 0) is 4.79 Å². The maximum Gasteiger partial charge on any atom is 0.326 e. The summed E-state index contributed by atoms with van der Waals surface area (Å²) < 4.78 is 0. The number of hydrogen-bond acceptors (Lipinski definition) is 3. The van der Waals surface area contributed by atoms with E-state index in [9.17, 15) is 9.59 Å². The molecule has 0 aliphatic heterocycles. The number of halogens is 2. The van der Waals surface area contributed by atoms with Crippen LogP contribution in [0.5, 0.6) is 0 Å². The van der Waals surface area contributed by atoms with E-state index >= 15 is 0 Å². The topological polar surface area (TPSA) is 78.4 Å². The van der Waals surface area contributed by atoms with Gasteiger partial charge in [0.15, 0.2) is 0 Å². The van der Waals surface area contributed by atoms with Crippen LogP contribution < -0.4 is 10.6 Å². The van der Waals surface area contributed by atoms with Gasteiger partial charge in [-0.2, -0.15) is 11.8 Å². The Balaban J connectivity index is 2.63. The van der Waals surface area contributed by atoms with Crippen LogP contribution in [0.1, 0.15) is 6.42 Å². The van der Waals surface area contributed by atoms with Crippen molar-refractivity contribution < 1.29 is 14.7 Å². The Hall–Kier alpha value is -1.11. The summed E-state index contributed by atoms with van der Waals surface area (Å²) in [6, 6.07) is 3.05. The number of thioether (sulfide) groups is 1. The Labute approximate surface area is 131 Å². The highest BCUT2D eigenvalue weighted by atomic mass is 35.5. The van der Waals surface area contributed by atoms with Crippen molar-refractivity contribution in [2.75, 3.05) is 17.3 Å². The minimum atomic E-state index is -1.07. The zero-order valence-corrected chi connectivity index (χ0v) is 13.0. The first-order chi connectivity index (χ1) is 9.43. The summed E-state index contributed by atoms with van der Waals surface area (Å²) in [5, 5.41) is 14.6. The second-order valence-electron chi connectivity index (χ2n) is 3.89. The number of carbonyl (C=O) groups is 2. The highest BCUT2D eigenvalue weighted by Crippen LogP contribution is 2.25. The number of rotatable bonds is 6. The fourth-order valence-corrected chi connectivity index (χ4v) is 2.33. The SMILES string of the molecule is CSCC[C@@H](NC(=O)Nc1ccc(Cl)cc1Cl)C(=O)O. The molecule has 0 unspecified atom stereocenters. The lowest BCUT2D eigenvalue weighted by molar-refractivity contribution is -0.139. The van der Waals surface area contributed by atoms with Gasteiger partial charge in [-0.15, -0.1) is 0 Å². The van der Waals surface area contributed by atoms with Crippen LogP contribution in [0.2, 0.25) is 10.0 Å². The molecule has 2 amide bonds. The lowest BCUT2D eigenvalue weighted by atomic mass is 10.2. The summed E-state index contributed by atoms with van der Waals surface area (Å²) in [7, 11) is 0. The number of hydrogen-bond donors (Lipinski definition) is 3. The van der Waals surface area contributed by atoms with Gasteiger partial charge in [0, 0.05) is 5.02 Å². The van der Waals surface area contributed by atoms with Crippen molar-refractivity contribution in [2.45, 2.75) is 12.5 Å². The molecule has 8 heteroatoms. The van der Waals surface area contributed by atoms with Crippen LogP contribution in [0.3, 0.4) is 0 Å². The lowest BCUT2D eigenvalue weighted by Gasteiger charge is -2.15. The quantitative estimate of drug-likeness (QED) is 0.744. The van der Waals surface area contributed by atoms with Crippen LogP contribution >= 0.6 is 35.0 Å². The molecule has 1 atom stereocenters. The molecule has 0 saturated carbocycles. The zero-order valence-electron chi connectivity index (χ0n) is 10.7.